The maximum Gasteiger partial charge on any atom is 0.228 e. The summed E-state index contributed by atoms with van der Waals surface area (Å²) in [5.41, 5.74) is 5.96. The van der Waals surface area contributed by atoms with Crippen LogP contribution >= 0.6 is 0 Å². The molecule has 1 saturated carbocycles. The number of rotatable bonds is 3. The van der Waals surface area contributed by atoms with Crippen molar-refractivity contribution in [3.63, 3.8) is 0 Å². The number of nitrogens with zero attached hydrogens (tertiary/aromatic N) is 2. The van der Waals surface area contributed by atoms with Gasteiger partial charge in [-0.3, -0.25) is 9.59 Å². The van der Waals surface area contributed by atoms with Gasteiger partial charge in [-0.15, -0.1) is 0 Å². The van der Waals surface area contributed by atoms with Gasteiger partial charge in [-0.05, 0) is 39.5 Å². The second-order valence-electron chi connectivity index (χ2n) is 7.72. The van der Waals surface area contributed by atoms with Gasteiger partial charge in [0.1, 0.15) is 5.76 Å². The molecule has 2 unspecified atom stereocenters. The van der Waals surface area contributed by atoms with E-state index >= 15 is 0 Å². The maximum absolute atomic E-state index is 12.9. The fraction of sp³-hybridized carbons (Fsp3) is 0.722. The molecule has 0 bridgehead atoms. The van der Waals surface area contributed by atoms with Crippen LogP contribution in [0.4, 0.5) is 5.82 Å². The van der Waals surface area contributed by atoms with E-state index in [2.05, 4.69) is 10.5 Å². The Bertz CT molecular complexity index is 632. The lowest BCUT2D eigenvalue weighted by Gasteiger charge is -2.41. The minimum absolute atomic E-state index is 0.0540. The number of aryl methyl sites for hydroxylation is 1. The number of nitrogens with two attached hydrogens (primary N) is 1. The number of carbonyl (C=O) groups is 2. The van der Waals surface area contributed by atoms with Gasteiger partial charge in [-0.25, -0.2) is 0 Å². The summed E-state index contributed by atoms with van der Waals surface area (Å²) in [4.78, 5) is 27.1. The third-order valence-electron chi connectivity index (χ3n) is 5.61. The van der Waals surface area contributed by atoms with E-state index in [9.17, 15) is 9.59 Å². The number of hydrogen-bond acceptors (Lipinski definition) is 5. The van der Waals surface area contributed by atoms with Crippen molar-refractivity contribution < 1.29 is 14.1 Å². The number of anilines is 1. The molecule has 2 heterocycles. The summed E-state index contributed by atoms with van der Waals surface area (Å²) < 4.78 is 4.96. The van der Waals surface area contributed by atoms with Gasteiger partial charge in [0, 0.05) is 30.6 Å². The van der Waals surface area contributed by atoms with Gasteiger partial charge in [0.25, 0.3) is 0 Å². The Hall–Kier alpha value is -1.89. The van der Waals surface area contributed by atoms with Gasteiger partial charge in [-0.1, -0.05) is 18.0 Å². The van der Waals surface area contributed by atoms with Crippen LogP contribution in [0, 0.1) is 18.8 Å². The van der Waals surface area contributed by atoms with Crippen LogP contribution in [0.5, 0.6) is 0 Å². The molecule has 1 aromatic heterocycles. The van der Waals surface area contributed by atoms with Gasteiger partial charge < -0.3 is 20.5 Å². The Morgan fingerprint density at radius 2 is 2.04 bits per heavy atom. The van der Waals surface area contributed by atoms with Gasteiger partial charge in [-0.2, -0.15) is 0 Å². The van der Waals surface area contributed by atoms with Gasteiger partial charge in [0.2, 0.25) is 11.8 Å². The van der Waals surface area contributed by atoms with E-state index in [1.54, 1.807) is 13.0 Å². The van der Waals surface area contributed by atoms with E-state index in [-0.39, 0.29) is 23.7 Å². The van der Waals surface area contributed by atoms with Crippen molar-refractivity contribution in [3.05, 3.63) is 11.8 Å². The van der Waals surface area contributed by atoms with Crippen LogP contribution in [0.15, 0.2) is 10.6 Å². The highest BCUT2D eigenvalue weighted by molar-refractivity contribution is 5.92. The summed E-state index contributed by atoms with van der Waals surface area (Å²) in [7, 11) is 0. The van der Waals surface area contributed by atoms with Crippen LogP contribution in [0.25, 0.3) is 0 Å². The van der Waals surface area contributed by atoms with E-state index in [0.29, 0.717) is 37.5 Å². The minimum atomic E-state index is -0.408. The molecule has 7 heteroatoms. The highest BCUT2D eigenvalue weighted by Gasteiger charge is 2.40. The number of carbonyl (C=O) groups excluding carboxylic acids is 2. The quantitative estimate of drug-likeness (QED) is 0.871. The molecule has 2 atom stereocenters. The van der Waals surface area contributed by atoms with Gasteiger partial charge in [0.15, 0.2) is 5.82 Å². The summed E-state index contributed by atoms with van der Waals surface area (Å²) >= 11 is 0. The van der Waals surface area contributed by atoms with Crippen LogP contribution in [-0.4, -0.2) is 40.5 Å². The molecule has 7 nitrogen and oxygen atoms in total. The van der Waals surface area contributed by atoms with Crippen molar-refractivity contribution in [3.8, 4) is 0 Å². The molecule has 1 aromatic rings. The third kappa shape index (κ3) is 4.03. The number of aromatic nitrogens is 1. The van der Waals surface area contributed by atoms with Crippen molar-refractivity contribution in [2.45, 2.75) is 57.9 Å². The zero-order valence-electron chi connectivity index (χ0n) is 15.1. The van der Waals surface area contributed by atoms with Crippen molar-refractivity contribution in [2.75, 3.05) is 18.4 Å². The first kappa shape index (κ1) is 17.9. The predicted octanol–water partition coefficient (Wildman–Crippen LogP) is 2.07. The fourth-order valence-electron chi connectivity index (χ4n) is 4.00. The number of amides is 2. The molecular formula is C18H28N4O3. The Labute approximate surface area is 148 Å². The summed E-state index contributed by atoms with van der Waals surface area (Å²) in [5.74, 6) is 1.02. The summed E-state index contributed by atoms with van der Waals surface area (Å²) in [6, 6.07) is 1.70. The second-order valence-corrected chi connectivity index (χ2v) is 7.72. The van der Waals surface area contributed by atoms with Crippen LogP contribution < -0.4 is 11.1 Å². The summed E-state index contributed by atoms with van der Waals surface area (Å²) in [6.45, 7) is 5.00. The average molecular weight is 348 g/mol. The normalized spacial score (nSPS) is 28.0. The van der Waals surface area contributed by atoms with Gasteiger partial charge >= 0.3 is 0 Å². The highest BCUT2D eigenvalue weighted by Crippen LogP contribution is 2.34. The third-order valence-corrected chi connectivity index (χ3v) is 5.61. The highest BCUT2D eigenvalue weighted by atomic mass is 16.5. The first-order valence-corrected chi connectivity index (χ1v) is 9.18. The molecule has 1 aliphatic heterocycles. The smallest absolute Gasteiger partial charge is 0.228 e. The monoisotopic (exact) mass is 348 g/mol. The lowest BCUT2D eigenvalue weighted by Crippen LogP contribution is -2.55. The fourth-order valence-corrected chi connectivity index (χ4v) is 4.00. The van der Waals surface area contributed by atoms with Gasteiger partial charge in [0.05, 0.1) is 5.92 Å². The zero-order valence-corrected chi connectivity index (χ0v) is 15.1. The number of piperidine rings is 1. The zero-order chi connectivity index (χ0) is 18.0. The van der Waals surface area contributed by atoms with Crippen molar-refractivity contribution >= 4 is 17.6 Å². The first-order chi connectivity index (χ1) is 11.9. The topological polar surface area (TPSA) is 101 Å². The minimum Gasteiger partial charge on any atom is -0.360 e. The molecule has 1 saturated heterocycles. The lowest BCUT2D eigenvalue weighted by molar-refractivity contribution is -0.141. The van der Waals surface area contributed by atoms with Crippen molar-refractivity contribution in [1.82, 2.24) is 10.1 Å². The van der Waals surface area contributed by atoms with Crippen LogP contribution in [0.3, 0.4) is 0 Å². The largest absolute Gasteiger partial charge is 0.360 e. The van der Waals surface area contributed by atoms with Crippen molar-refractivity contribution in [1.29, 1.82) is 0 Å². The molecule has 1 aliphatic carbocycles. The summed E-state index contributed by atoms with van der Waals surface area (Å²) in [6.07, 6.45) is 5.28. The molecule has 2 aliphatic rings. The molecule has 0 spiro atoms. The predicted molar refractivity (Wildman–Crippen MR) is 93.7 cm³/mol. The standard InChI is InChI=1S/C18H28N4O3/c1-12-11-15(21-25-12)20-16(23)13-6-9-22(10-7-13)17(24)14-5-3-4-8-18(14,2)19/h11,13-14H,3-10,19H2,1-2H3,(H,20,21,23). The molecule has 0 radical (unpaired) electrons. The Kier molecular flexibility index (Phi) is 5.13. The Morgan fingerprint density at radius 3 is 2.64 bits per heavy atom. The molecule has 2 amide bonds. The Morgan fingerprint density at radius 1 is 1.32 bits per heavy atom. The van der Waals surface area contributed by atoms with Crippen LogP contribution in [0.2, 0.25) is 0 Å². The van der Waals surface area contributed by atoms with E-state index in [1.165, 1.54) is 0 Å². The molecule has 25 heavy (non-hydrogen) atoms. The number of hydrogen-bond donors (Lipinski definition) is 2. The molecular weight excluding hydrogens is 320 g/mol. The molecule has 138 valence electrons. The molecule has 3 rings (SSSR count). The second kappa shape index (κ2) is 7.15. The lowest BCUT2D eigenvalue weighted by atomic mass is 9.73. The van der Waals surface area contributed by atoms with E-state index < -0.39 is 5.54 Å². The van der Waals surface area contributed by atoms with E-state index in [0.717, 1.165) is 25.7 Å². The maximum atomic E-state index is 12.9. The number of nitrogens with one attached hydrogen (secondary N) is 1. The van der Waals surface area contributed by atoms with Crippen LogP contribution in [-0.2, 0) is 9.59 Å². The summed E-state index contributed by atoms with van der Waals surface area (Å²) in [5, 5.41) is 6.57. The SMILES string of the molecule is Cc1cc(NC(=O)C2CCN(C(=O)C3CCCCC3(C)N)CC2)no1. The molecule has 0 aromatic carbocycles. The molecule has 3 N–H and O–H groups in total. The average Bonchev–Trinajstić information content (AvgIpc) is 2.99. The Balaban J connectivity index is 1.52. The van der Waals surface area contributed by atoms with E-state index in [1.807, 2.05) is 11.8 Å². The first-order valence-electron chi connectivity index (χ1n) is 9.18. The van der Waals surface area contributed by atoms with E-state index in [4.69, 9.17) is 10.3 Å². The van der Waals surface area contributed by atoms with Crippen molar-refractivity contribution in [2.24, 2.45) is 17.6 Å². The molecule has 2 fully saturated rings. The van der Waals surface area contributed by atoms with Crippen LogP contribution in [0.1, 0.15) is 51.2 Å². The number of likely N-dealkylation sites (tertiary alicyclic amines) is 1.